The highest BCUT2D eigenvalue weighted by atomic mass is 32.2. The quantitative estimate of drug-likeness (QED) is 0.644. The average molecular weight is 419 g/mol. The van der Waals surface area contributed by atoms with E-state index in [2.05, 4.69) is 37.5 Å². The summed E-state index contributed by atoms with van der Waals surface area (Å²) in [6.07, 6.45) is 1.21. The summed E-state index contributed by atoms with van der Waals surface area (Å²) in [7, 11) is -3.05. The van der Waals surface area contributed by atoms with E-state index in [1.54, 1.807) is 12.1 Å². The molecule has 0 aromatic heterocycles. The SMILES string of the molecule is CC(C)(C)c1cccc(OCCNC(=O)NCc2ccc(CS(C)(=O)=O)cc2)c1. The molecular formula is C22H30N2O4S. The van der Waals surface area contributed by atoms with Crippen molar-refractivity contribution >= 4 is 15.9 Å². The molecule has 2 N–H and O–H groups in total. The topological polar surface area (TPSA) is 84.5 Å². The molecule has 0 spiro atoms. The molecule has 2 aromatic rings. The summed E-state index contributed by atoms with van der Waals surface area (Å²) >= 11 is 0. The molecule has 0 saturated carbocycles. The van der Waals surface area contributed by atoms with Gasteiger partial charge in [0.05, 0.1) is 12.3 Å². The predicted octanol–water partition coefficient (Wildman–Crippen LogP) is 3.41. The van der Waals surface area contributed by atoms with Gasteiger partial charge in [-0.05, 0) is 34.2 Å². The van der Waals surface area contributed by atoms with Gasteiger partial charge in [-0.15, -0.1) is 0 Å². The summed E-state index contributed by atoms with van der Waals surface area (Å²) in [4.78, 5) is 11.9. The normalized spacial score (nSPS) is 11.7. The highest BCUT2D eigenvalue weighted by Crippen LogP contribution is 2.25. The molecule has 2 rings (SSSR count). The lowest BCUT2D eigenvalue weighted by Crippen LogP contribution is -2.37. The Kier molecular flexibility index (Phi) is 7.67. The second-order valence-electron chi connectivity index (χ2n) is 8.12. The maximum Gasteiger partial charge on any atom is 0.315 e. The van der Waals surface area contributed by atoms with E-state index in [0.717, 1.165) is 16.9 Å². The van der Waals surface area contributed by atoms with Crippen LogP contribution in [0.25, 0.3) is 0 Å². The van der Waals surface area contributed by atoms with Crippen molar-refractivity contribution in [3.8, 4) is 5.75 Å². The molecule has 0 bridgehead atoms. The van der Waals surface area contributed by atoms with Crippen LogP contribution < -0.4 is 15.4 Å². The molecule has 0 unspecified atom stereocenters. The molecule has 7 heteroatoms. The number of hydrogen-bond acceptors (Lipinski definition) is 4. The van der Waals surface area contributed by atoms with Crippen LogP contribution in [-0.4, -0.2) is 33.9 Å². The lowest BCUT2D eigenvalue weighted by Gasteiger charge is -2.19. The van der Waals surface area contributed by atoms with Gasteiger partial charge >= 0.3 is 6.03 Å². The smallest absolute Gasteiger partial charge is 0.315 e. The first-order chi connectivity index (χ1) is 13.5. The molecule has 0 aliphatic rings. The lowest BCUT2D eigenvalue weighted by atomic mass is 9.87. The molecule has 29 heavy (non-hydrogen) atoms. The maximum absolute atomic E-state index is 11.9. The average Bonchev–Trinajstić information content (AvgIpc) is 2.63. The number of benzene rings is 2. The number of rotatable bonds is 8. The van der Waals surface area contributed by atoms with Crippen molar-refractivity contribution in [1.82, 2.24) is 10.6 Å². The van der Waals surface area contributed by atoms with Crippen molar-refractivity contribution in [2.24, 2.45) is 0 Å². The first kappa shape index (κ1) is 22.7. The highest BCUT2D eigenvalue weighted by Gasteiger charge is 2.13. The second-order valence-corrected chi connectivity index (χ2v) is 10.3. The zero-order valence-corrected chi connectivity index (χ0v) is 18.3. The van der Waals surface area contributed by atoms with E-state index in [-0.39, 0.29) is 17.2 Å². The van der Waals surface area contributed by atoms with Gasteiger partial charge < -0.3 is 15.4 Å². The largest absolute Gasteiger partial charge is 0.492 e. The highest BCUT2D eigenvalue weighted by molar-refractivity contribution is 7.89. The van der Waals surface area contributed by atoms with Gasteiger partial charge in [-0.1, -0.05) is 57.2 Å². The fraction of sp³-hybridized carbons (Fsp3) is 0.409. The van der Waals surface area contributed by atoms with Crippen molar-refractivity contribution in [2.75, 3.05) is 19.4 Å². The maximum atomic E-state index is 11.9. The van der Waals surface area contributed by atoms with E-state index < -0.39 is 9.84 Å². The molecule has 0 aliphatic carbocycles. The standard InChI is InChI=1S/C22H30N2O4S/c1-22(2,3)19-6-5-7-20(14-19)28-13-12-23-21(25)24-15-17-8-10-18(11-9-17)16-29(4,26)27/h5-11,14H,12-13,15-16H2,1-4H3,(H2,23,24,25). The lowest BCUT2D eigenvalue weighted by molar-refractivity contribution is 0.236. The van der Waals surface area contributed by atoms with E-state index in [4.69, 9.17) is 4.74 Å². The second kappa shape index (κ2) is 9.78. The monoisotopic (exact) mass is 418 g/mol. The Morgan fingerprint density at radius 3 is 2.28 bits per heavy atom. The van der Waals surface area contributed by atoms with Crippen molar-refractivity contribution in [3.63, 3.8) is 0 Å². The Hall–Kier alpha value is -2.54. The third-order valence-electron chi connectivity index (χ3n) is 4.26. The molecule has 6 nitrogen and oxygen atoms in total. The van der Waals surface area contributed by atoms with Gasteiger partial charge in [0.1, 0.15) is 12.4 Å². The van der Waals surface area contributed by atoms with Crippen LogP contribution in [-0.2, 0) is 27.5 Å². The van der Waals surface area contributed by atoms with Gasteiger partial charge in [0.25, 0.3) is 0 Å². The zero-order chi connectivity index (χ0) is 21.5. The number of ether oxygens (including phenoxy) is 1. The Labute approximate surface area is 173 Å². The van der Waals surface area contributed by atoms with Crippen molar-refractivity contribution in [3.05, 3.63) is 65.2 Å². The summed E-state index contributed by atoms with van der Waals surface area (Å²) in [5.41, 5.74) is 2.88. The minimum absolute atomic E-state index is 0.0137. The number of carbonyl (C=O) groups excluding carboxylic acids is 1. The van der Waals surface area contributed by atoms with Crippen molar-refractivity contribution in [1.29, 1.82) is 0 Å². The number of urea groups is 1. The molecule has 0 heterocycles. The Bertz CT molecular complexity index is 917. The fourth-order valence-electron chi connectivity index (χ4n) is 2.69. The Balaban J connectivity index is 1.70. The van der Waals surface area contributed by atoms with Crippen LogP contribution in [0.4, 0.5) is 4.79 Å². The fourth-order valence-corrected chi connectivity index (χ4v) is 3.48. The summed E-state index contributed by atoms with van der Waals surface area (Å²) in [5, 5.41) is 5.53. The molecule has 2 aromatic carbocycles. The predicted molar refractivity (Wildman–Crippen MR) is 116 cm³/mol. The molecule has 0 aliphatic heterocycles. The minimum atomic E-state index is -3.05. The van der Waals surface area contributed by atoms with Gasteiger partial charge in [-0.3, -0.25) is 0 Å². The van der Waals surface area contributed by atoms with E-state index in [1.807, 2.05) is 30.3 Å². The third kappa shape index (κ3) is 8.56. The number of hydrogen-bond donors (Lipinski definition) is 2. The van der Waals surface area contributed by atoms with Crippen LogP contribution in [0.1, 0.15) is 37.5 Å². The number of amides is 2. The van der Waals surface area contributed by atoms with Gasteiger partial charge in [0.2, 0.25) is 0 Å². The van der Waals surface area contributed by atoms with Gasteiger partial charge in [-0.25, -0.2) is 13.2 Å². The molecule has 0 fully saturated rings. The van der Waals surface area contributed by atoms with Crippen LogP contribution >= 0.6 is 0 Å². The van der Waals surface area contributed by atoms with Crippen molar-refractivity contribution < 1.29 is 17.9 Å². The first-order valence-corrected chi connectivity index (χ1v) is 11.6. The van der Waals surface area contributed by atoms with Crippen molar-refractivity contribution in [2.45, 2.75) is 38.5 Å². The molecular weight excluding hydrogens is 388 g/mol. The molecule has 0 atom stereocenters. The summed E-state index contributed by atoms with van der Waals surface area (Å²) < 4.78 is 28.3. The summed E-state index contributed by atoms with van der Waals surface area (Å²) in [6.45, 7) is 7.57. The molecule has 158 valence electrons. The van der Waals surface area contributed by atoms with E-state index in [0.29, 0.717) is 19.7 Å². The number of carbonyl (C=O) groups is 1. The summed E-state index contributed by atoms with van der Waals surface area (Å²) in [5.74, 6) is 0.800. The van der Waals surface area contributed by atoms with Crippen LogP contribution in [0.3, 0.4) is 0 Å². The van der Waals surface area contributed by atoms with Crippen LogP contribution in [0.2, 0.25) is 0 Å². The molecule has 0 saturated heterocycles. The van der Waals surface area contributed by atoms with Crippen LogP contribution in [0, 0.1) is 0 Å². The minimum Gasteiger partial charge on any atom is -0.492 e. The molecule has 2 amide bonds. The number of sulfone groups is 1. The van der Waals surface area contributed by atoms with Crippen LogP contribution in [0.5, 0.6) is 5.75 Å². The molecule has 0 radical (unpaired) electrons. The van der Waals surface area contributed by atoms with E-state index in [1.165, 1.54) is 11.8 Å². The zero-order valence-electron chi connectivity index (χ0n) is 17.5. The third-order valence-corrected chi connectivity index (χ3v) is 5.12. The Morgan fingerprint density at radius 2 is 1.66 bits per heavy atom. The van der Waals surface area contributed by atoms with Crippen LogP contribution in [0.15, 0.2) is 48.5 Å². The number of nitrogens with one attached hydrogen (secondary N) is 2. The van der Waals surface area contributed by atoms with E-state index >= 15 is 0 Å². The van der Waals surface area contributed by atoms with Gasteiger partial charge in [0.15, 0.2) is 9.84 Å². The Morgan fingerprint density at radius 1 is 1.00 bits per heavy atom. The van der Waals surface area contributed by atoms with Gasteiger partial charge in [0, 0.05) is 12.8 Å². The summed E-state index contributed by atoms with van der Waals surface area (Å²) in [6, 6.07) is 14.8. The first-order valence-electron chi connectivity index (χ1n) is 9.53. The van der Waals surface area contributed by atoms with E-state index in [9.17, 15) is 13.2 Å². The van der Waals surface area contributed by atoms with Gasteiger partial charge in [-0.2, -0.15) is 0 Å².